The van der Waals surface area contributed by atoms with Crippen LogP contribution in [-0.2, 0) is 17.8 Å². The molecular weight excluding hydrogens is 362 g/mol. The van der Waals surface area contributed by atoms with E-state index in [2.05, 4.69) is 5.32 Å². The molecule has 2 aliphatic rings. The highest BCUT2D eigenvalue weighted by Gasteiger charge is 2.23. The Bertz CT molecular complexity index is 830. The van der Waals surface area contributed by atoms with Crippen LogP contribution in [0.3, 0.4) is 0 Å². The minimum Gasteiger partial charge on any atom is -0.491 e. The average Bonchev–Trinajstić information content (AvgIpc) is 3.16. The van der Waals surface area contributed by atoms with Crippen LogP contribution in [0.1, 0.15) is 21.7 Å². The summed E-state index contributed by atoms with van der Waals surface area (Å²) >= 11 is 0. The molecule has 0 radical (unpaired) electrons. The molecule has 28 heavy (non-hydrogen) atoms. The second kappa shape index (κ2) is 8.35. The summed E-state index contributed by atoms with van der Waals surface area (Å²) in [6.45, 7) is 3.87. The zero-order valence-electron chi connectivity index (χ0n) is 15.6. The number of fused-ring (bicyclic) bond motifs is 1. The molecule has 1 fully saturated rings. The predicted molar refractivity (Wildman–Crippen MR) is 100 cm³/mol. The summed E-state index contributed by atoms with van der Waals surface area (Å²) in [7, 11) is 0. The van der Waals surface area contributed by atoms with E-state index in [1.54, 1.807) is 28.2 Å². The summed E-state index contributed by atoms with van der Waals surface area (Å²) in [6, 6.07) is 8.81. The largest absolute Gasteiger partial charge is 0.491 e. The molecule has 1 N–H and O–H groups in total. The Morgan fingerprint density at radius 3 is 2.64 bits per heavy atom. The van der Waals surface area contributed by atoms with Crippen LogP contribution in [0, 0.1) is 0 Å². The first-order chi connectivity index (χ1) is 13.7. The van der Waals surface area contributed by atoms with E-state index in [1.807, 2.05) is 18.2 Å². The molecule has 8 heteroatoms. The fourth-order valence-corrected chi connectivity index (χ4v) is 3.34. The van der Waals surface area contributed by atoms with E-state index >= 15 is 0 Å². The van der Waals surface area contributed by atoms with Gasteiger partial charge in [0.15, 0.2) is 0 Å². The molecule has 1 aromatic heterocycles. The molecule has 148 valence electrons. The lowest BCUT2D eigenvalue weighted by molar-refractivity contribution is 0.0303. The van der Waals surface area contributed by atoms with E-state index in [-0.39, 0.29) is 11.9 Å². The SMILES string of the molecule is O=C(NCc1ccco1)N1CCOc2ccc(C(=O)N3CCOCC3)cc2C1. The van der Waals surface area contributed by atoms with Gasteiger partial charge < -0.3 is 29.0 Å². The van der Waals surface area contributed by atoms with Crippen LogP contribution in [0.5, 0.6) is 5.75 Å². The molecule has 4 rings (SSSR count). The predicted octanol–water partition coefficient (Wildman–Crippen LogP) is 1.86. The maximum Gasteiger partial charge on any atom is 0.318 e. The van der Waals surface area contributed by atoms with Gasteiger partial charge in [-0.2, -0.15) is 0 Å². The molecule has 0 unspecified atom stereocenters. The molecule has 3 heterocycles. The van der Waals surface area contributed by atoms with E-state index in [4.69, 9.17) is 13.9 Å². The van der Waals surface area contributed by atoms with Gasteiger partial charge in [0.05, 0.1) is 39.1 Å². The Labute approximate surface area is 163 Å². The lowest BCUT2D eigenvalue weighted by Crippen LogP contribution is -2.41. The lowest BCUT2D eigenvalue weighted by atomic mass is 10.1. The van der Waals surface area contributed by atoms with Crippen molar-refractivity contribution in [3.63, 3.8) is 0 Å². The standard InChI is InChI=1S/C20H23N3O5/c24-19(22-5-9-26-10-6-22)15-3-4-18-16(12-15)14-23(7-11-28-18)20(25)21-13-17-2-1-8-27-17/h1-4,8,12H,5-7,9-11,13-14H2,(H,21,25). The van der Waals surface area contributed by atoms with Crippen molar-refractivity contribution in [2.75, 3.05) is 39.5 Å². The Kier molecular flexibility index (Phi) is 5.48. The second-order valence-corrected chi connectivity index (χ2v) is 6.74. The smallest absolute Gasteiger partial charge is 0.318 e. The van der Waals surface area contributed by atoms with Gasteiger partial charge in [-0.1, -0.05) is 0 Å². The monoisotopic (exact) mass is 385 g/mol. The number of furan rings is 1. The molecule has 0 saturated carbocycles. The number of hydrogen-bond donors (Lipinski definition) is 1. The fraction of sp³-hybridized carbons (Fsp3) is 0.400. The van der Waals surface area contributed by atoms with Gasteiger partial charge in [0, 0.05) is 24.2 Å². The van der Waals surface area contributed by atoms with Gasteiger partial charge >= 0.3 is 6.03 Å². The molecule has 2 aromatic rings. The Hall–Kier alpha value is -3.00. The highest BCUT2D eigenvalue weighted by Crippen LogP contribution is 2.25. The summed E-state index contributed by atoms with van der Waals surface area (Å²) in [5.41, 5.74) is 1.42. The van der Waals surface area contributed by atoms with E-state index in [0.29, 0.717) is 69.6 Å². The summed E-state index contributed by atoms with van der Waals surface area (Å²) < 4.78 is 16.3. The maximum absolute atomic E-state index is 12.7. The first-order valence-electron chi connectivity index (χ1n) is 9.38. The number of nitrogens with zero attached hydrogens (tertiary/aromatic N) is 2. The van der Waals surface area contributed by atoms with Gasteiger partial charge in [-0.3, -0.25) is 4.79 Å². The topological polar surface area (TPSA) is 84.2 Å². The number of morpholine rings is 1. The maximum atomic E-state index is 12.7. The zero-order valence-corrected chi connectivity index (χ0v) is 15.6. The molecule has 1 saturated heterocycles. The first kappa shape index (κ1) is 18.4. The second-order valence-electron chi connectivity index (χ2n) is 6.74. The highest BCUT2D eigenvalue weighted by molar-refractivity contribution is 5.94. The Morgan fingerprint density at radius 1 is 1.04 bits per heavy atom. The molecule has 0 atom stereocenters. The zero-order chi connectivity index (χ0) is 19.3. The Morgan fingerprint density at radius 2 is 1.86 bits per heavy atom. The van der Waals surface area contributed by atoms with Gasteiger partial charge in [-0.25, -0.2) is 4.79 Å². The van der Waals surface area contributed by atoms with Crippen molar-refractivity contribution >= 4 is 11.9 Å². The number of amides is 3. The molecule has 0 aliphatic carbocycles. The van der Waals surface area contributed by atoms with Crippen molar-refractivity contribution in [2.24, 2.45) is 0 Å². The van der Waals surface area contributed by atoms with Crippen LogP contribution in [0.2, 0.25) is 0 Å². The molecule has 2 aliphatic heterocycles. The van der Waals surface area contributed by atoms with Crippen molar-refractivity contribution in [1.82, 2.24) is 15.1 Å². The quantitative estimate of drug-likeness (QED) is 0.872. The number of benzene rings is 1. The number of nitrogens with one attached hydrogen (secondary N) is 1. The number of rotatable bonds is 3. The third-order valence-corrected chi connectivity index (χ3v) is 4.87. The molecule has 0 bridgehead atoms. The van der Waals surface area contributed by atoms with E-state index in [1.165, 1.54) is 0 Å². The summed E-state index contributed by atoms with van der Waals surface area (Å²) in [5.74, 6) is 1.38. The van der Waals surface area contributed by atoms with Gasteiger partial charge in [-0.15, -0.1) is 0 Å². The van der Waals surface area contributed by atoms with Crippen molar-refractivity contribution in [3.8, 4) is 5.75 Å². The van der Waals surface area contributed by atoms with Crippen LogP contribution >= 0.6 is 0 Å². The molecule has 3 amide bonds. The van der Waals surface area contributed by atoms with Crippen LogP contribution in [0.15, 0.2) is 41.0 Å². The minimum atomic E-state index is -0.197. The molecule has 8 nitrogen and oxygen atoms in total. The Balaban J connectivity index is 1.45. The first-order valence-corrected chi connectivity index (χ1v) is 9.38. The fourth-order valence-electron chi connectivity index (χ4n) is 3.34. The number of ether oxygens (including phenoxy) is 2. The van der Waals surface area contributed by atoms with Crippen molar-refractivity contribution in [2.45, 2.75) is 13.1 Å². The van der Waals surface area contributed by atoms with E-state index in [0.717, 1.165) is 5.56 Å². The number of carbonyl (C=O) groups excluding carboxylic acids is 2. The van der Waals surface area contributed by atoms with Gasteiger partial charge in [0.2, 0.25) is 0 Å². The van der Waals surface area contributed by atoms with Gasteiger partial charge in [0.25, 0.3) is 5.91 Å². The lowest BCUT2D eigenvalue weighted by Gasteiger charge is -2.27. The van der Waals surface area contributed by atoms with Crippen LogP contribution in [0.25, 0.3) is 0 Å². The average molecular weight is 385 g/mol. The number of hydrogen-bond acceptors (Lipinski definition) is 5. The van der Waals surface area contributed by atoms with Gasteiger partial charge in [-0.05, 0) is 30.3 Å². The normalized spacial score (nSPS) is 16.7. The van der Waals surface area contributed by atoms with Crippen LogP contribution < -0.4 is 10.1 Å². The molecular formula is C20H23N3O5. The van der Waals surface area contributed by atoms with Gasteiger partial charge in [0.1, 0.15) is 18.1 Å². The van der Waals surface area contributed by atoms with Crippen molar-refractivity contribution < 1.29 is 23.5 Å². The summed E-state index contributed by atoms with van der Waals surface area (Å²) in [5, 5.41) is 2.85. The highest BCUT2D eigenvalue weighted by atomic mass is 16.5. The summed E-state index contributed by atoms with van der Waals surface area (Å²) in [4.78, 5) is 28.8. The van der Waals surface area contributed by atoms with Crippen LogP contribution in [-0.4, -0.2) is 61.2 Å². The van der Waals surface area contributed by atoms with E-state index in [9.17, 15) is 9.59 Å². The third-order valence-electron chi connectivity index (χ3n) is 4.87. The van der Waals surface area contributed by atoms with Crippen molar-refractivity contribution in [3.05, 3.63) is 53.5 Å². The van der Waals surface area contributed by atoms with Crippen LogP contribution in [0.4, 0.5) is 4.79 Å². The minimum absolute atomic E-state index is 0.0239. The third kappa shape index (κ3) is 4.12. The molecule has 1 aromatic carbocycles. The van der Waals surface area contributed by atoms with Crippen molar-refractivity contribution in [1.29, 1.82) is 0 Å². The van der Waals surface area contributed by atoms with E-state index < -0.39 is 0 Å². The number of carbonyl (C=O) groups is 2. The number of urea groups is 1. The summed E-state index contributed by atoms with van der Waals surface area (Å²) in [6.07, 6.45) is 1.57. The molecule has 0 spiro atoms.